The molecule has 9 heteroatoms. The van der Waals surface area contributed by atoms with E-state index in [0.29, 0.717) is 22.5 Å². The summed E-state index contributed by atoms with van der Waals surface area (Å²) in [7, 11) is 0. The number of fused-ring (bicyclic) bond motifs is 3. The van der Waals surface area contributed by atoms with Crippen LogP contribution in [0.4, 0.5) is 9.18 Å². The number of nitriles is 1. The van der Waals surface area contributed by atoms with Gasteiger partial charge < -0.3 is 9.14 Å². The first-order chi connectivity index (χ1) is 17.6. The molecule has 4 atom stereocenters. The van der Waals surface area contributed by atoms with E-state index in [1.54, 1.807) is 62.6 Å². The molecule has 0 radical (unpaired) electrons. The number of imidazole rings is 1. The van der Waals surface area contributed by atoms with Gasteiger partial charge >= 0.3 is 6.09 Å². The van der Waals surface area contributed by atoms with Crippen molar-refractivity contribution >= 4 is 17.5 Å². The molecule has 1 saturated heterocycles. The van der Waals surface area contributed by atoms with Gasteiger partial charge in [-0.05, 0) is 64.0 Å². The van der Waals surface area contributed by atoms with Crippen molar-refractivity contribution in [3.05, 3.63) is 54.4 Å². The number of ketones is 1. The molecule has 0 unspecified atom stereocenters. The summed E-state index contributed by atoms with van der Waals surface area (Å²) in [6.45, 7) is 5.40. The zero-order valence-corrected chi connectivity index (χ0v) is 21.2. The highest BCUT2D eigenvalue weighted by atomic mass is 19.1. The molecule has 0 N–H and O–H groups in total. The van der Waals surface area contributed by atoms with Crippen molar-refractivity contribution in [2.75, 3.05) is 0 Å². The van der Waals surface area contributed by atoms with Gasteiger partial charge in [-0.1, -0.05) is 12.1 Å². The predicted octanol–water partition coefficient (Wildman–Crippen LogP) is 4.96. The fourth-order valence-electron chi connectivity index (χ4n) is 5.63. The number of carbonyl (C=O) groups excluding carboxylic acids is 2. The van der Waals surface area contributed by atoms with E-state index >= 15 is 4.39 Å². The van der Waals surface area contributed by atoms with Gasteiger partial charge in [0, 0.05) is 36.6 Å². The molecule has 1 aliphatic carbocycles. The van der Waals surface area contributed by atoms with Gasteiger partial charge in [-0.2, -0.15) is 5.26 Å². The molecule has 2 bridgehead atoms. The summed E-state index contributed by atoms with van der Waals surface area (Å²) in [6.07, 6.45) is 8.96. The smallest absolute Gasteiger partial charge is 0.411 e. The Balaban J connectivity index is 1.28. The molecule has 3 heterocycles. The second-order valence-corrected chi connectivity index (χ2v) is 11.0. The van der Waals surface area contributed by atoms with Crippen molar-refractivity contribution in [3.63, 3.8) is 0 Å². The highest BCUT2D eigenvalue weighted by Crippen LogP contribution is 2.44. The Morgan fingerprint density at radius 3 is 2.81 bits per heavy atom. The Labute approximate surface area is 215 Å². The minimum Gasteiger partial charge on any atom is -0.444 e. The summed E-state index contributed by atoms with van der Waals surface area (Å²) < 4.78 is 22.4. The van der Waals surface area contributed by atoms with Gasteiger partial charge in [0.2, 0.25) is 0 Å². The zero-order valence-electron chi connectivity index (χ0n) is 21.2. The van der Waals surface area contributed by atoms with Gasteiger partial charge in [-0.3, -0.25) is 14.7 Å². The number of hydrogen-bond donors (Lipinski definition) is 0. The molecule has 0 spiro atoms. The largest absolute Gasteiger partial charge is 0.444 e. The van der Waals surface area contributed by atoms with Crippen molar-refractivity contribution in [1.82, 2.24) is 19.3 Å². The summed E-state index contributed by atoms with van der Waals surface area (Å²) in [5.41, 5.74) is 1.59. The van der Waals surface area contributed by atoms with Crippen LogP contribution >= 0.6 is 0 Å². The Kier molecular flexibility index (Phi) is 6.44. The third-order valence-corrected chi connectivity index (χ3v) is 7.23. The van der Waals surface area contributed by atoms with Crippen LogP contribution in [-0.4, -0.2) is 48.8 Å². The van der Waals surface area contributed by atoms with E-state index in [4.69, 9.17) is 4.74 Å². The molecule has 2 aromatic heterocycles. The summed E-state index contributed by atoms with van der Waals surface area (Å²) in [4.78, 5) is 36.4. The lowest BCUT2D eigenvalue weighted by atomic mass is 9.87. The van der Waals surface area contributed by atoms with Crippen LogP contribution in [0.3, 0.4) is 0 Å². The number of aromatic nitrogens is 3. The third-order valence-electron chi connectivity index (χ3n) is 7.23. The summed E-state index contributed by atoms with van der Waals surface area (Å²) in [6, 6.07) is 6.41. The zero-order chi connectivity index (χ0) is 26.3. The maximum absolute atomic E-state index is 15.1. The van der Waals surface area contributed by atoms with Crippen LogP contribution in [0.25, 0.3) is 16.9 Å². The number of halogens is 1. The number of ether oxygens (including phenoxy) is 1. The molecule has 8 nitrogen and oxygen atoms in total. The van der Waals surface area contributed by atoms with Gasteiger partial charge in [-0.25, -0.2) is 14.2 Å². The first-order valence-corrected chi connectivity index (χ1v) is 12.6. The Morgan fingerprint density at radius 2 is 2.11 bits per heavy atom. The Hall–Kier alpha value is -3.80. The van der Waals surface area contributed by atoms with Crippen LogP contribution in [0.15, 0.2) is 43.0 Å². The van der Waals surface area contributed by atoms with E-state index in [-0.39, 0.29) is 30.6 Å². The van der Waals surface area contributed by atoms with Crippen molar-refractivity contribution in [1.29, 1.82) is 5.26 Å². The number of amides is 1. The molecular formula is C28H30FN5O3. The van der Waals surface area contributed by atoms with Crippen molar-refractivity contribution < 1.29 is 18.7 Å². The van der Waals surface area contributed by atoms with Gasteiger partial charge in [0.05, 0.1) is 29.9 Å². The van der Waals surface area contributed by atoms with E-state index < -0.39 is 29.5 Å². The van der Waals surface area contributed by atoms with Crippen LogP contribution < -0.4 is 0 Å². The van der Waals surface area contributed by atoms with Gasteiger partial charge in [0.1, 0.15) is 11.4 Å². The monoisotopic (exact) mass is 503 g/mol. The second kappa shape index (κ2) is 9.58. The van der Waals surface area contributed by atoms with E-state index in [2.05, 4.69) is 16.0 Å². The number of benzene rings is 1. The second-order valence-electron chi connectivity index (χ2n) is 11.0. The average molecular weight is 504 g/mol. The third kappa shape index (κ3) is 5.06. The van der Waals surface area contributed by atoms with Crippen molar-refractivity contribution in [2.45, 2.75) is 70.6 Å². The molecule has 2 aliphatic rings. The Morgan fingerprint density at radius 1 is 1.30 bits per heavy atom. The van der Waals surface area contributed by atoms with Crippen molar-refractivity contribution in [3.8, 4) is 17.3 Å². The number of piperidine rings is 1. The quantitative estimate of drug-likeness (QED) is 0.471. The SMILES string of the molecule is CC(C)(C)OC(=O)N1[C@@H]2CC[C@@H](C2)[C@H]1C(=O)C[C@H](C#N)Cc1ccc(-c2cn3ccncc3n2)cc1F. The number of hydrogen-bond acceptors (Lipinski definition) is 6. The van der Waals surface area contributed by atoms with Crippen LogP contribution in [0.1, 0.15) is 52.0 Å². The maximum Gasteiger partial charge on any atom is 0.411 e. The van der Waals surface area contributed by atoms with Crippen LogP contribution in [-0.2, 0) is 16.0 Å². The predicted molar refractivity (Wildman–Crippen MR) is 134 cm³/mol. The fourth-order valence-corrected chi connectivity index (χ4v) is 5.63. The minimum atomic E-state index is -0.700. The van der Waals surface area contributed by atoms with Gasteiger partial charge in [0.25, 0.3) is 0 Å². The van der Waals surface area contributed by atoms with Gasteiger partial charge in [0.15, 0.2) is 11.4 Å². The standard InChI is InChI=1S/C28H30FN5O3/c1-28(2,3)37-27(36)34-21-7-6-20(12-21)26(34)24(35)11-17(14-30)10-18-4-5-19(13-22(18)29)23-16-33-9-8-31-15-25(33)32-23/h4-5,8-9,13,15-17,20-21,26H,6-7,10-12H2,1-3H3/t17-,20+,21-,26+/m1/s1. The van der Waals surface area contributed by atoms with E-state index in [9.17, 15) is 14.9 Å². The molecular weight excluding hydrogens is 473 g/mol. The molecule has 1 aromatic carbocycles. The number of carbonyl (C=O) groups is 2. The average Bonchev–Trinajstić information content (AvgIpc) is 3.57. The highest BCUT2D eigenvalue weighted by molar-refractivity contribution is 5.89. The summed E-state index contributed by atoms with van der Waals surface area (Å²) in [5.74, 6) is -1.22. The molecule has 2 fully saturated rings. The lowest BCUT2D eigenvalue weighted by Crippen LogP contribution is -2.51. The van der Waals surface area contributed by atoms with E-state index in [1.165, 1.54) is 6.07 Å². The normalized spacial score (nSPS) is 21.7. The molecule has 192 valence electrons. The lowest BCUT2D eigenvalue weighted by Gasteiger charge is -2.35. The molecule has 3 aromatic rings. The van der Waals surface area contributed by atoms with Crippen molar-refractivity contribution in [2.24, 2.45) is 11.8 Å². The maximum atomic E-state index is 15.1. The van der Waals surface area contributed by atoms with E-state index in [0.717, 1.165) is 19.3 Å². The van der Waals surface area contributed by atoms with Crippen LogP contribution in [0, 0.1) is 29.0 Å². The Bertz CT molecular complexity index is 1360. The number of rotatable bonds is 6. The fraction of sp³-hybridized carbons (Fsp3) is 0.464. The van der Waals surface area contributed by atoms with Gasteiger partial charge in [-0.15, -0.1) is 0 Å². The molecule has 37 heavy (non-hydrogen) atoms. The van der Waals surface area contributed by atoms with Crippen LogP contribution in [0.2, 0.25) is 0 Å². The number of Topliss-reactive ketones (excluding diaryl/α,β-unsaturated/α-hetero) is 1. The lowest BCUT2D eigenvalue weighted by molar-refractivity contribution is -0.126. The topological polar surface area (TPSA) is 101 Å². The van der Waals surface area contributed by atoms with E-state index in [1.807, 2.05) is 4.40 Å². The number of nitrogens with zero attached hydrogens (tertiary/aromatic N) is 5. The molecule has 1 saturated carbocycles. The highest BCUT2D eigenvalue weighted by Gasteiger charge is 2.52. The number of likely N-dealkylation sites (tertiary alicyclic amines) is 1. The first kappa shape index (κ1) is 24.9. The minimum absolute atomic E-state index is 0.00489. The summed E-state index contributed by atoms with van der Waals surface area (Å²) >= 11 is 0. The first-order valence-electron chi connectivity index (χ1n) is 12.6. The van der Waals surface area contributed by atoms with Crippen LogP contribution in [0.5, 0.6) is 0 Å². The summed E-state index contributed by atoms with van der Waals surface area (Å²) in [5, 5.41) is 9.79. The molecule has 5 rings (SSSR count). The molecule has 1 aliphatic heterocycles. The molecule has 1 amide bonds.